The van der Waals surface area contributed by atoms with Crippen LogP contribution in [0, 0.1) is 6.92 Å². The SMILES string of the molecule is COc1ccc(CCNC(=O)c2ccc(C[S@@](=O)c3ccccc3C)o2)c(OC)c1OC. The molecule has 0 spiro atoms. The van der Waals surface area contributed by atoms with E-state index in [1.165, 1.54) is 0 Å². The molecule has 8 heteroatoms. The first kappa shape index (κ1) is 23.4. The summed E-state index contributed by atoms with van der Waals surface area (Å²) >= 11 is 0. The molecule has 0 aliphatic carbocycles. The number of rotatable bonds is 10. The molecule has 0 saturated heterocycles. The van der Waals surface area contributed by atoms with Gasteiger partial charge >= 0.3 is 0 Å². The molecular weight excluding hydrogens is 430 g/mol. The van der Waals surface area contributed by atoms with Gasteiger partial charge in [-0.15, -0.1) is 0 Å². The lowest BCUT2D eigenvalue weighted by Crippen LogP contribution is -2.25. The third kappa shape index (κ3) is 5.31. The van der Waals surface area contributed by atoms with Gasteiger partial charge in [0, 0.05) is 17.0 Å². The first-order chi connectivity index (χ1) is 15.5. The minimum atomic E-state index is -1.25. The molecule has 0 fully saturated rings. The molecule has 3 rings (SSSR count). The van der Waals surface area contributed by atoms with Crippen molar-refractivity contribution < 1.29 is 27.6 Å². The van der Waals surface area contributed by atoms with Gasteiger partial charge in [0.05, 0.1) is 37.9 Å². The maximum absolute atomic E-state index is 12.6. The number of hydrogen-bond donors (Lipinski definition) is 1. The third-order valence-corrected chi connectivity index (χ3v) is 6.46. The molecule has 0 unspecified atom stereocenters. The van der Waals surface area contributed by atoms with E-state index in [-0.39, 0.29) is 17.4 Å². The summed E-state index contributed by atoms with van der Waals surface area (Å²) in [6.07, 6.45) is 0.528. The van der Waals surface area contributed by atoms with Gasteiger partial charge in [-0.05, 0) is 43.2 Å². The van der Waals surface area contributed by atoms with Gasteiger partial charge in [0.25, 0.3) is 5.91 Å². The Morgan fingerprint density at radius 2 is 1.72 bits per heavy atom. The molecule has 3 aromatic rings. The van der Waals surface area contributed by atoms with Crippen LogP contribution < -0.4 is 19.5 Å². The van der Waals surface area contributed by atoms with Crippen molar-refractivity contribution >= 4 is 16.7 Å². The van der Waals surface area contributed by atoms with E-state index in [2.05, 4.69) is 5.32 Å². The van der Waals surface area contributed by atoms with Crippen molar-refractivity contribution in [3.05, 3.63) is 71.2 Å². The van der Waals surface area contributed by atoms with Crippen molar-refractivity contribution in [1.29, 1.82) is 0 Å². The summed E-state index contributed by atoms with van der Waals surface area (Å²) in [5.41, 5.74) is 1.83. The van der Waals surface area contributed by atoms with Crippen LogP contribution in [0.2, 0.25) is 0 Å². The number of ether oxygens (including phenoxy) is 3. The summed E-state index contributed by atoms with van der Waals surface area (Å²) in [6.45, 7) is 2.29. The number of nitrogens with one attached hydrogen (secondary N) is 1. The third-order valence-electron chi connectivity index (χ3n) is 4.96. The molecule has 7 nitrogen and oxygen atoms in total. The van der Waals surface area contributed by atoms with Crippen LogP contribution >= 0.6 is 0 Å². The minimum Gasteiger partial charge on any atom is -0.493 e. The highest BCUT2D eigenvalue weighted by molar-refractivity contribution is 7.84. The Bertz CT molecular complexity index is 1110. The van der Waals surface area contributed by atoms with Crippen molar-refractivity contribution in [2.24, 2.45) is 0 Å². The molecule has 0 bridgehead atoms. The Hall–Kier alpha value is -3.26. The van der Waals surface area contributed by atoms with Crippen LogP contribution in [0.5, 0.6) is 17.2 Å². The lowest BCUT2D eigenvalue weighted by atomic mass is 10.1. The Kier molecular flexibility index (Phi) is 7.94. The second-order valence-electron chi connectivity index (χ2n) is 7.02. The molecule has 1 N–H and O–H groups in total. The fraction of sp³-hybridized carbons (Fsp3) is 0.292. The smallest absolute Gasteiger partial charge is 0.287 e. The van der Waals surface area contributed by atoms with Gasteiger partial charge in [-0.25, -0.2) is 0 Å². The molecule has 0 radical (unpaired) electrons. The number of methoxy groups -OCH3 is 3. The van der Waals surface area contributed by atoms with E-state index in [4.69, 9.17) is 18.6 Å². The van der Waals surface area contributed by atoms with Crippen LogP contribution in [0.15, 0.2) is 57.8 Å². The molecule has 0 aliphatic rings. The Morgan fingerprint density at radius 1 is 0.969 bits per heavy atom. The van der Waals surface area contributed by atoms with Gasteiger partial charge in [0.1, 0.15) is 5.76 Å². The molecule has 2 aromatic carbocycles. The van der Waals surface area contributed by atoms with Crippen LogP contribution in [0.1, 0.15) is 27.4 Å². The maximum atomic E-state index is 12.6. The molecule has 170 valence electrons. The van der Waals surface area contributed by atoms with E-state index in [0.29, 0.717) is 36.0 Å². The van der Waals surface area contributed by atoms with Crippen LogP contribution in [0.3, 0.4) is 0 Å². The zero-order valence-electron chi connectivity index (χ0n) is 18.6. The minimum absolute atomic E-state index is 0.182. The first-order valence-electron chi connectivity index (χ1n) is 10.1. The van der Waals surface area contributed by atoms with Gasteiger partial charge in [0.2, 0.25) is 5.75 Å². The first-order valence-corrected chi connectivity index (χ1v) is 11.4. The summed E-state index contributed by atoms with van der Waals surface area (Å²) in [5.74, 6) is 2.21. The molecular formula is C24H27NO6S. The number of carbonyl (C=O) groups is 1. The molecule has 0 aliphatic heterocycles. The number of amides is 1. The fourth-order valence-corrected chi connectivity index (χ4v) is 4.58. The zero-order chi connectivity index (χ0) is 23.1. The van der Waals surface area contributed by atoms with Gasteiger partial charge in [-0.2, -0.15) is 0 Å². The molecule has 0 saturated carbocycles. The van der Waals surface area contributed by atoms with Gasteiger partial charge < -0.3 is 23.9 Å². The van der Waals surface area contributed by atoms with E-state index >= 15 is 0 Å². The predicted molar refractivity (Wildman–Crippen MR) is 122 cm³/mol. The molecule has 1 aromatic heterocycles. The van der Waals surface area contributed by atoms with E-state index in [1.807, 2.05) is 37.3 Å². The molecule has 32 heavy (non-hydrogen) atoms. The number of benzene rings is 2. The largest absolute Gasteiger partial charge is 0.493 e. The van der Waals surface area contributed by atoms with Crippen molar-refractivity contribution in [1.82, 2.24) is 5.32 Å². The quantitative estimate of drug-likeness (QED) is 0.497. The van der Waals surface area contributed by atoms with E-state index < -0.39 is 10.8 Å². The lowest BCUT2D eigenvalue weighted by molar-refractivity contribution is 0.0925. The molecule has 1 amide bonds. The lowest BCUT2D eigenvalue weighted by Gasteiger charge is -2.15. The standard InChI is InChI=1S/C24H27NO6S/c1-16-7-5-6-8-21(16)32(27)15-18-10-12-20(31-18)24(26)25-14-13-17-9-11-19(28-2)23(30-4)22(17)29-3/h5-12H,13-15H2,1-4H3,(H,25,26)/t32-/m1/s1. The Morgan fingerprint density at radius 3 is 2.41 bits per heavy atom. The average molecular weight is 458 g/mol. The van der Waals surface area contributed by atoms with Crippen LogP contribution in [-0.2, 0) is 23.0 Å². The highest BCUT2D eigenvalue weighted by atomic mass is 32.2. The summed E-state index contributed by atoms with van der Waals surface area (Å²) in [6, 6.07) is 14.5. The van der Waals surface area contributed by atoms with E-state index in [0.717, 1.165) is 16.0 Å². The second kappa shape index (κ2) is 10.9. The fourth-order valence-electron chi connectivity index (χ4n) is 3.35. The van der Waals surface area contributed by atoms with Crippen molar-refractivity contribution in [3.8, 4) is 17.2 Å². The number of furan rings is 1. The second-order valence-corrected chi connectivity index (χ2v) is 8.44. The topological polar surface area (TPSA) is 87.0 Å². The monoisotopic (exact) mass is 457 g/mol. The van der Waals surface area contributed by atoms with Gasteiger partial charge in [0.15, 0.2) is 17.3 Å². The van der Waals surface area contributed by atoms with E-state index in [1.54, 1.807) is 39.5 Å². The number of aryl methyl sites for hydroxylation is 1. The van der Waals surface area contributed by atoms with Crippen LogP contribution in [0.4, 0.5) is 0 Å². The predicted octanol–water partition coefficient (Wildman–Crippen LogP) is 3.89. The zero-order valence-corrected chi connectivity index (χ0v) is 19.4. The van der Waals surface area contributed by atoms with Crippen LogP contribution in [0.25, 0.3) is 0 Å². The number of hydrogen-bond acceptors (Lipinski definition) is 6. The normalized spacial score (nSPS) is 11.6. The summed E-state index contributed by atoms with van der Waals surface area (Å²) < 4.78 is 34.4. The molecule has 1 heterocycles. The highest BCUT2D eigenvalue weighted by Gasteiger charge is 2.17. The van der Waals surface area contributed by atoms with Crippen molar-refractivity contribution in [3.63, 3.8) is 0 Å². The Labute approximate surface area is 190 Å². The van der Waals surface area contributed by atoms with Crippen molar-refractivity contribution in [2.75, 3.05) is 27.9 Å². The Balaban J connectivity index is 1.59. The van der Waals surface area contributed by atoms with Crippen molar-refractivity contribution in [2.45, 2.75) is 24.0 Å². The average Bonchev–Trinajstić information content (AvgIpc) is 3.27. The van der Waals surface area contributed by atoms with Crippen LogP contribution in [-0.4, -0.2) is 38.0 Å². The molecule has 1 atom stereocenters. The van der Waals surface area contributed by atoms with Gasteiger partial charge in [-0.3, -0.25) is 9.00 Å². The maximum Gasteiger partial charge on any atom is 0.287 e. The van der Waals surface area contributed by atoms with Gasteiger partial charge in [-0.1, -0.05) is 24.3 Å². The number of carbonyl (C=O) groups excluding carboxylic acids is 1. The summed E-state index contributed by atoms with van der Waals surface area (Å²) in [5, 5.41) is 2.84. The van der Waals surface area contributed by atoms with E-state index in [9.17, 15) is 9.00 Å². The highest BCUT2D eigenvalue weighted by Crippen LogP contribution is 2.39. The summed E-state index contributed by atoms with van der Waals surface area (Å²) in [7, 11) is 3.42. The summed E-state index contributed by atoms with van der Waals surface area (Å²) in [4.78, 5) is 13.2.